The summed E-state index contributed by atoms with van der Waals surface area (Å²) in [4.78, 5) is 26.6. The molecule has 0 saturated heterocycles. The molecule has 1 atom stereocenters. The number of esters is 1. The summed E-state index contributed by atoms with van der Waals surface area (Å²) in [6, 6.07) is 3.09. The highest BCUT2D eigenvalue weighted by Crippen LogP contribution is 2.39. The van der Waals surface area contributed by atoms with E-state index in [1.165, 1.54) is 29.2 Å². The Morgan fingerprint density at radius 3 is 2.73 bits per heavy atom. The largest absolute Gasteiger partial charge is 0.480 e. The third-order valence-electron chi connectivity index (χ3n) is 5.86. The van der Waals surface area contributed by atoms with Crippen molar-refractivity contribution in [1.82, 2.24) is 14.8 Å². The standard InChI is InChI=1S/C25H28F2N4O4S2/c1-4-31-22(14(3)35-18-11-10-15(26)12-17(18)27)29-30-25(31)36-13-20(32)28-23-21(24(33)34-5-2)16-8-6-7-9-19(16)37-23/h10-12,14H,4-9,13H2,1-3H3,(H,28,32). The number of hydrogen-bond acceptors (Lipinski definition) is 8. The molecular formula is C25H28F2N4O4S2. The van der Waals surface area contributed by atoms with Crippen LogP contribution in [0.15, 0.2) is 23.4 Å². The van der Waals surface area contributed by atoms with Crippen LogP contribution in [0.3, 0.4) is 0 Å². The summed E-state index contributed by atoms with van der Waals surface area (Å²) in [5, 5.41) is 12.3. The van der Waals surface area contributed by atoms with E-state index in [0.717, 1.165) is 48.3 Å². The lowest BCUT2D eigenvalue weighted by atomic mass is 9.95. The van der Waals surface area contributed by atoms with Crippen LogP contribution in [0.1, 0.15) is 66.3 Å². The number of carbonyl (C=O) groups is 2. The number of rotatable bonds is 10. The minimum Gasteiger partial charge on any atom is -0.480 e. The zero-order valence-electron chi connectivity index (χ0n) is 20.8. The van der Waals surface area contributed by atoms with E-state index >= 15 is 0 Å². The number of nitrogens with zero attached hydrogens (tertiary/aromatic N) is 3. The Labute approximate surface area is 221 Å². The van der Waals surface area contributed by atoms with Gasteiger partial charge in [0.25, 0.3) is 0 Å². The quantitative estimate of drug-likeness (QED) is 0.261. The third-order valence-corrected chi connectivity index (χ3v) is 8.03. The van der Waals surface area contributed by atoms with Gasteiger partial charge in [0.15, 0.2) is 28.7 Å². The van der Waals surface area contributed by atoms with Gasteiger partial charge in [-0.25, -0.2) is 13.6 Å². The van der Waals surface area contributed by atoms with Crippen LogP contribution in [0.25, 0.3) is 0 Å². The van der Waals surface area contributed by atoms with Gasteiger partial charge in [-0.3, -0.25) is 4.79 Å². The first-order chi connectivity index (χ1) is 17.8. The summed E-state index contributed by atoms with van der Waals surface area (Å²) in [7, 11) is 0. The van der Waals surface area contributed by atoms with Gasteiger partial charge in [-0.15, -0.1) is 21.5 Å². The SMILES string of the molecule is CCOC(=O)c1c(NC(=O)CSc2nnc(C(C)Oc3ccc(F)cc3F)n2CC)sc2c1CCCC2. The molecule has 2 aromatic heterocycles. The predicted molar refractivity (Wildman–Crippen MR) is 137 cm³/mol. The highest BCUT2D eigenvalue weighted by Gasteiger charge is 2.27. The van der Waals surface area contributed by atoms with Gasteiger partial charge >= 0.3 is 5.97 Å². The maximum Gasteiger partial charge on any atom is 0.341 e. The minimum absolute atomic E-state index is 0.0464. The predicted octanol–water partition coefficient (Wildman–Crippen LogP) is 5.56. The number of nitrogens with one attached hydrogen (secondary N) is 1. The van der Waals surface area contributed by atoms with Crippen molar-refractivity contribution in [2.75, 3.05) is 17.7 Å². The second-order valence-corrected chi connectivity index (χ2v) is 10.4. The van der Waals surface area contributed by atoms with Gasteiger partial charge in [0.2, 0.25) is 5.91 Å². The van der Waals surface area contributed by atoms with Gasteiger partial charge < -0.3 is 19.4 Å². The van der Waals surface area contributed by atoms with Gasteiger partial charge in [-0.05, 0) is 64.2 Å². The summed E-state index contributed by atoms with van der Waals surface area (Å²) in [5.41, 5.74) is 1.46. The molecule has 12 heteroatoms. The monoisotopic (exact) mass is 550 g/mol. The average Bonchev–Trinajstić information content (AvgIpc) is 3.45. The number of ether oxygens (including phenoxy) is 2. The van der Waals surface area contributed by atoms with E-state index in [4.69, 9.17) is 9.47 Å². The number of aromatic nitrogens is 3. The summed E-state index contributed by atoms with van der Waals surface area (Å²) < 4.78 is 39.9. The highest BCUT2D eigenvalue weighted by molar-refractivity contribution is 7.99. The van der Waals surface area contributed by atoms with Crippen molar-refractivity contribution in [1.29, 1.82) is 0 Å². The molecule has 0 fully saturated rings. The van der Waals surface area contributed by atoms with E-state index in [-0.39, 0.29) is 24.0 Å². The molecule has 1 N–H and O–H groups in total. The molecule has 0 spiro atoms. The van der Waals surface area contributed by atoms with Crippen LogP contribution in [0.4, 0.5) is 13.8 Å². The molecule has 2 heterocycles. The van der Waals surface area contributed by atoms with Crippen molar-refractivity contribution < 1.29 is 27.8 Å². The van der Waals surface area contributed by atoms with Crippen molar-refractivity contribution in [3.05, 3.63) is 51.7 Å². The van der Waals surface area contributed by atoms with Crippen molar-refractivity contribution in [2.45, 2.75) is 64.3 Å². The molecule has 1 amide bonds. The van der Waals surface area contributed by atoms with Crippen molar-refractivity contribution in [3.8, 4) is 5.75 Å². The molecule has 1 aliphatic rings. The number of thioether (sulfide) groups is 1. The summed E-state index contributed by atoms with van der Waals surface area (Å²) in [6.07, 6.45) is 3.09. The third kappa shape index (κ3) is 6.12. The van der Waals surface area contributed by atoms with Crippen LogP contribution in [-0.2, 0) is 28.9 Å². The first-order valence-electron chi connectivity index (χ1n) is 12.1. The second-order valence-electron chi connectivity index (χ2n) is 8.39. The highest BCUT2D eigenvalue weighted by atomic mass is 32.2. The number of halogens is 2. The van der Waals surface area contributed by atoms with Crippen molar-refractivity contribution in [3.63, 3.8) is 0 Å². The minimum atomic E-state index is -0.807. The normalized spacial score (nSPS) is 13.6. The molecule has 4 rings (SSSR count). The van der Waals surface area contributed by atoms with Crippen LogP contribution in [-0.4, -0.2) is 39.0 Å². The van der Waals surface area contributed by atoms with Gasteiger partial charge in [-0.1, -0.05) is 11.8 Å². The molecule has 0 bridgehead atoms. The molecular weight excluding hydrogens is 522 g/mol. The number of carbonyl (C=O) groups excluding carboxylic acids is 2. The van der Waals surface area contributed by atoms with Gasteiger partial charge in [0.05, 0.1) is 17.9 Å². The lowest BCUT2D eigenvalue weighted by Gasteiger charge is -2.16. The number of fused-ring (bicyclic) bond motifs is 1. The Morgan fingerprint density at radius 2 is 2.00 bits per heavy atom. The fourth-order valence-corrected chi connectivity index (χ4v) is 6.29. The van der Waals surface area contributed by atoms with E-state index < -0.39 is 23.7 Å². The molecule has 1 unspecified atom stereocenters. The van der Waals surface area contributed by atoms with E-state index in [2.05, 4.69) is 15.5 Å². The number of hydrogen-bond donors (Lipinski definition) is 1. The van der Waals surface area contributed by atoms with Crippen LogP contribution >= 0.6 is 23.1 Å². The van der Waals surface area contributed by atoms with Crippen LogP contribution in [0, 0.1) is 11.6 Å². The number of aryl methyl sites for hydroxylation is 1. The number of amides is 1. The summed E-state index contributed by atoms with van der Waals surface area (Å²) in [6.45, 7) is 6.10. The van der Waals surface area contributed by atoms with Crippen LogP contribution in [0.2, 0.25) is 0 Å². The first-order valence-corrected chi connectivity index (χ1v) is 13.9. The van der Waals surface area contributed by atoms with Crippen molar-refractivity contribution in [2.24, 2.45) is 0 Å². The van der Waals surface area contributed by atoms with E-state index in [0.29, 0.717) is 28.1 Å². The lowest BCUT2D eigenvalue weighted by Crippen LogP contribution is -2.17. The maximum absolute atomic E-state index is 14.0. The lowest BCUT2D eigenvalue weighted by molar-refractivity contribution is -0.113. The van der Waals surface area contributed by atoms with Gasteiger partial charge in [0, 0.05) is 17.5 Å². The molecule has 0 radical (unpaired) electrons. The van der Waals surface area contributed by atoms with Gasteiger partial charge in [0.1, 0.15) is 10.8 Å². The Kier molecular flexibility index (Phi) is 8.80. The van der Waals surface area contributed by atoms with Crippen LogP contribution in [0.5, 0.6) is 5.75 Å². The number of anilines is 1. The van der Waals surface area contributed by atoms with E-state index in [9.17, 15) is 18.4 Å². The summed E-state index contributed by atoms with van der Waals surface area (Å²) >= 11 is 2.63. The number of benzene rings is 1. The molecule has 37 heavy (non-hydrogen) atoms. The molecule has 0 aliphatic heterocycles. The average molecular weight is 551 g/mol. The molecule has 1 aliphatic carbocycles. The molecule has 1 aromatic carbocycles. The molecule has 198 valence electrons. The maximum atomic E-state index is 14.0. The summed E-state index contributed by atoms with van der Waals surface area (Å²) in [5.74, 6) is -1.79. The van der Waals surface area contributed by atoms with E-state index in [1.54, 1.807) is 18.4 Å². The topological polar surface area (TPSA) is 95.3 Å². The zero-order chi connectivity index (χ0) is 26.5. The van der Waals surface area contributed by atoms with E-state index in [1.807, 2.05) is 6.92 Å². The number of thiophene rings is 1. The Morgan fingerprint density at radius 1 is 1.22 bits per heavy atom. The van der Waals surface area contributed by atoms with Gasteiger partial charge in [-0.2, -0.15) is 0 Å². The Bertz CT molecular complexity index is 1290. The first kappa shape index (κ1) is 27.1. The van der Waals surface area contributed by atoms with Crippen LogP contribution < -0.4 is 10.1 Å². The van der Waals surface area contributed by atoms with Crippen molar-refractivity contribution >= 4 is 40.0 Å². The molecule has 8 nitrogen and oxygen atoms in total. The fraction of sp³-hybridized carbons (Fsp3) is 0.440. The second kappa shape index (κ2) is 12.0. The fourth-order valence-electron chi connectivity index (χ4n) is 4.18. The Hall–Kier alpha value is -2.99. The molecule has 0 saturated carbocycles. The smallest absolute Gasteiger partial charge is 0.341 e. The zero-order valence-corrected chi connectivity index (χ0v) is 22.4. The Balaban J connectivity index is 1.44. The molecule has 3 aromatic rings.